The van der Waals surface area contributed by atoms with E-state index in [1.807, 2.05) is 17.0 Å². The second-order valence-corrected chi connectivity index (χ2v) is 8.36. The Labute approximate surface area is 191 Å². The zero-order chi connectivity index (χ0) is 22.7. The van der Waals surface area contributed by atoms with Gasteiger partial charge in [-0.1, -0.05) is 35.9 Å². The second kappa shape index (κ2) is 9.81. The molecule has 0 radical (unpaired) electrons. The maximum Gasteiger partial charge on any atom is 0.277 e. The third-order valence-corrected chi connectivity index (χ3v) is 6.17. The fourth-order valence-corrected chi connectivity index (χ4v) is 4.29. The molecule has 4 rings (SSSR count). The van der Waals surface area contributed by atoms with Crippen LogP contribution in [0.1, 0.15) is 11.1 Å². The molecule has 1 fully saturated rings. The first-order valence-corrected chi connectivity index (χ1v) is 11.0. The fraction of sp³-hybridized carbons (Fsp3) is 0.333. The normalized spacial score (nSPS) is 17.6. The molecule has 2 heterocycles. The predicted octanol–water partition coefficient (Wildman–Crippen LogP) is 2.41. The predicted molar refractivity (Wildman–Crippen MR) is 120 cm³/mol. The summed E-state index contributed by atoms with van der Waals surface area (Å²) in [5.41, 5.74) is 2.21. The number of piperazine rings is 1. The van der Waals surface area contributed by atoms with Crippen LogP contribution in [-0.2, 0) is 16.0 Å². The molecule has 0 atom stereocenters. The van der Waals surface area contributed by atoms with E-state index in [-0.39, 0.29) is 25.0 Å². The number of β-amino-alcohol motifs (C(OH)–C–C–N with tert-alkyl or cyclic N) is 1. The third-order valence-electron chi connectivity index (χ3n) is 5.92. The van der Waals surface area contributed by atoms with Crippen molar-refractivity contribution in [1.82, 2.24) is 14.7 Å². The van der Waals surface area contributed by atoms with Crippen LogP contribution in [0.15, 0.2) is 54.2 Å². The van der Waals surface area contributed by atoms with Gasteiger partial charge in [0.25, 0.3) is 11.8 Å². The van der Waals surface area contributed by atoms with Crippen LogP contribution in [-0.4, -0.2) is 77.5 Å². The number of imide groups is 1. The van der Waals surface area contributed by atoms with Gasteiger partial charge in [0.2, 0.25) is 0 Å². The number of benzene rings is 2. The maximum atomic E-state index is 13.5. The summed E-state index contributed by atoms with van der Waals surface area (Å²) in [6.45, 7) is 3.43. The average molecular weight is 458 g/mol. The summed E-state index contributed by atoms with van der Waals surface area (Å²) in [4.78, 5) is 32.1. The molecule has 1 N–H and O–H groups in total. The van der Waals surface area contributed by atoms with Gasteiger partial charge in [0.1, 0.15) is 11.5 Å². The summed E-state index contributed by atoms with van der Waals surface area (Å²) >= 11 is 5.94. The Balaban J connectivity index is 1.59. The molecule has 2 amide bonds. The lowest BCUT2D eigenvalue weighted by atomic mass is 10.0. The zero-order valence-electron chi connectivity index (χ0n) is 17.6. The molecule has 168 valence electrons. The average Bonchev–Trinajstić information content (AvgIpc) is 3.04. The summed E-state index contributed by atoms with van der Waals surface area (Å²) < 4.78 is 13.5. The molecule has 2 aliphatic rings. The molecule has 0 saturated carbocycles. The van der Waals surface area contributed by atoms with Crippen LogP contribution in [0, 0.1) is 5.82 Å². The Kier molecular flexibility index (Phi) is 6.89. The molecule has 2 aliphatic heterocycles. The number of amides is 2. The van der Waals surface area contributed by atoms with E-state index in [2.05, 4.69) is 4.90 Å². The summed E-state index contributed by atoms with van der Waals surface area (Å²) in [5.74, 6) is -1.08. The highest BCUT2D eigenvalue weighted by Gasteiger charge is 2.41. The number of carbonyl (C=O) groups excluding carboxylic acids is 2. The van der Waals surface area contributed by atoms with Gasteiger partial charge in [0, 0.05) is 44.3 Å². The molecule has 0 spiro atoms. The van der Waals surface area contributed by atoms with Crippen LogP contribution in [0.4, 0.5) is 4.39 Å². The number of aliphatic hydroxyl groups excluding tert-OH is 1. The standard InChI is InChI=1S/C24H25ClFN3O3/c25-19-5-1-17(2-6-19)9-10-29-23(31)21(18-3-7-20(26)8-4-18)22(24(29)32)28-13-11-27(12-14-28)15-16-30/h1-8,30H,9-16H2. The number of nitrogens with zero attached hydrogens (tertiary/aromatic N) is 3. The molecule has 2 aromatic rings. The van der Waals surface area contributed by atoms with Gasteiger partial charge >= 0.3 is 0 Å². The Morgan fingerprint density at radius 3 is 2.16 bits per heavy atom. The Morgan fingerprint density at radius 2 is 1.53 bits per heavy atom. The third kappa shape index (κ3) is 4.70. The number of halogens is 2. The van der Waals surface area contributed by atoms with E-state index >= 15 is 0 Å². The minimum absolute atomic E-state index is 0.0828. The molecule has 0 unspecified atom stereocenters. The van der Waals surface area contributed by atoms with Crippen LogP contribution in [0.2, 0.25) is 5.02 Å². The summed E-state index contributed by atoms with van der Waals surface area (Å²) in [6.07, 6.45) is 0.517. The molecule has 1 saturated heterocycles. The maximum absolute atomic E-state index is 13.5. The Hall–Kier alpha value is -2.74. The highest BCUT2D eigenvalue weighted by Crippen LogP contribution is 2.32. The number of hydrogen-bond acceptors (Lipinski definition) is 5. The van der Waals surface area contributed by atoms with Crippen molar-refractivity contribution in [2.24, 2.45) is 0 Å². The topological polar surface area (TPSA) is 64.1 Å². The van der Waals surface area contributed by atoms with E-state index in [1.165, 1.54) is 17.0 Å². The van der Waals surface area contributed by atoms with E-state index < -0.39 is 5.82 Å². The van der Waals surface area contributed by atoms with Crippen molar-refractivity contribution in [2.45, 2.75) is 6.42 Å². The van der Waals surface area contributed by atoms with Gasteiger partial charge in [-0.25, -0.2) is 4.39 Å². The van der Waals surface area contributed by atoms with E-state index in [4.69, 9.17) is 11.6 Å². The molecular formula is C24H25ClFN3O3. The van der Waals surface area contributed by atoms with Gasteiger partial charge in [-0.3, -0.25) is 19.4 Å². The minimum atomic E-state index is -0.398. The highest BCUT2D eigenvalue weighted by atomic mass is 35.5. The van der Waals surface area contributed by atoms with Crippen molar-refractivity contribution >= 4 is 29.0 Å². The quantitative estimate of drug-likeness (QED) is 0.647. The van der Waals surface area contributed by atoms with Gasteiger partial charge in [-0.15, -0.1) is 0 Å². The molecular weight excluding hydrogens is 433 g/mol. The SMILES string of the molecule is O=C1C(c2ccc(F)cc2)=C(N2CCN(CCO)CC2)C(=O)N1CCc1ccc(Cl)cc1. The monoisotopic (exact) mass is 457 g/mol. The van der Waals surface area contributed by atoms with Crippen LogP contribution >= 0.6 is 11.6 Å². The first-order chi connectivity index (χ1) is 15.5. The van der Waals surface area contributed by atoms with Crippen LogP contribution in [0.25, 0.3) is 5.57 Å². The first-order valence-electron chi connectivity index (χ1n) is 10.7. The molecule has 0 bridgehead atoms. The van der Waals surface area contributed by atoms with E-state index in [0.29, 0.717) is 61.0 Å². The van der Waals surface area contributed by atoms with Crippen molar-refractivity contribution < 1.29 is 19.1 Å². The van der Waals surface area contributed by atoms with Crippen LogP contribution in [0.5, 0.6) is 0 Å². The molecule has 6 nitrogen and oxygen atoms in total. The number of hydrogen-bond donors (Lipinski definition) is 1. The lowest BCUT2D eigenvalue weighted by molar-refractivity contribution is -0.137. The summed E-state index contributed by atoms with van der Waals surface area (Å²) in [5, 5.41) is 9.81. The highest BCUT2D eigenvalue weighted by molar-refractivity contribution is 6.35. The smallest absolute Gasteiger partial charge is 0.277 e. The fourth-order valence-electron chi connectivity index (χ4n) is 4.16. The molecule has 2 aromatic carbocycles. The largest absolute Gasteiger partial charge is 0.395 e. The van der Waals surface area contributed by atoms with Crippen molar-refractivity contribution in [1.29, 1.82) is 0 Å². The van der Waals surface area contributed by atoms with Crippen molar-refractivity contribution in [3.05, 3.63) is 76.2 Å². The molecule has 8 heteroatoms. The van der Waals surface area contributed by atoms with E-state index in [1.54, 1.807) is 24.3 Å². The summed E-state index contributed by atoms with van der Waals surface area (Å²) in [6, 6.07) is 13.0. The van der Waals surface area contributed by atoms with Crippen LogP contribution in [0.3, 0.4) is 0 Å². The van der Waals surface area contributed by atoms with E-state index in [9.17, 15) is 19.1 Å². The van der Waals surface area contributed by atoms with Gasteiger partial charge in [-0.05, 0) is 41.8 Å². The Morgan fingerprint density at radius 1 is 0.875 bits per heavy atom. The van der Waals surface area contributed by atoms with Crippen molar-refractivity contribution in [3.8, 4) is 0 Å². The molecule has 0 aromatic heterocycles. The van der Waals surface area contributed by atoms with Crippen molar-refractivity contribution in [3.63, 3.8) is 0 Å². The van der Waals surface area contributed by atoms with Crippen molar-refractivity contribution in [2.75, 3.05) is 45.9 Å². The van der Waals surface area contributed by atoms with Gasteiger partial charge in [-0.2, -0.15) is 0 Å². The Bertz CT molecular complexity index is 1020. The second-order valence-electron chi connectivity index (χ2n) is 7.92. The number of aliphatic hydroxyl groups is 1. The molecule has 32 heavy (non-hydrogen) atoms. The van der Waals surface area contributed by atoms with Gasteiger partial charge in [0.05, 0.1) is 12.2 Å². The number of rotatable bonds is 7. The molecule has 0 aliphatic carbocycles. The van der Waals surface area contributed by atoms with Gasteiger partial charge < -0.3 is 10.0 Å². The number of carbonyl (C=O) groups is 2. The minimum Gasteiger partial charge on any atom is -0.395 e. The van der Waals surface area contributed by atoms with E-state index in [0.717, 1.165) is 5.56 Å². The summed E-state index contributed by atoms with van der Waals surface area (Å²) in [7, 11) is 0. The lowest BCUT2D eigenvalue weighted by Gasteiger charge is -2.36. The first kappa shape index (κ1) is 22.5. The lowest BCUT2D eigenvalue weighted by Crippen LogP contribution is -2.48. The van der Waals surface area contributed by atoms with Crippen LogP contribution < -0.4 is 0 Å². The zero-order valence-corrected chi connectivity index (χ0v) is 18.4. The van der Waals surface area contributed by atoms with Gasteiger partial charge in [0.15, 0.2) is 0 Å².